The van der Waals surface area contributed by atoms with Crippen LogP contribution in [0.25, 0.3) is 10.2 Å². The molecule has 2 atom stereocenters. The first-order valence-corrected chi connectivity index (χ1v) is 11.5. The number of aromatic nitrogens is 1. The van der Waals surface area contributed by atoms with Crippen LogP contribution in [0, 0.1) is 3.95 Å². The van der Waals surface area contributed by atoms with Crippen molar-refractivity contribution in [1.29, 1.82) is 0 Å². The third-order valence-electron chi connectivity index (χ3n) is 3.76. The molecule has 1 aromatic heterocycles. The normalized spacial score (nSPS) is 14.6. The van der Waals surface area contributed by atoms with Crippen LogP contribution in [0.2, 0.25) is 0 Å². The highest BCUT2D eigenvalue weighted by Gasteiger charge is 2.35. The Morgan fingerprint density at radius 3 is 2.43 bits per heavy atom. The van der Waals surface area contributed by atoms with Gasteiger partial charge in [-0.1, -0.05) is 30.3 Å². The summed E-state index contributed by atoms with van der Waals surface area (Å²) in [4.78, 5) is 12.3. The number of benzene rings is 2. The fourth-order valence-corrected chi connectivity index (χ4v) is 6.50. The molecule has 6 nitrogen and oxygen atoms in total. The molecule has 0 aliphatic carbocycles. The molecule has 0 aliphatic heterocycles. The standard InChI is InChI=1S/C19H21N2O4PS2/c1-13(2)24-18(22)14(3)20-26(23,25-15-9-5-4-6-10-15)21-16-11-7-8-12-17(16)28-19(21)27/h4-14H,1-3H3,(H,20,23). The van der Waals surface area contributed by atoms with Crippen molar-refractivity contribution in [2.75, 3.05) is 0 Å². The van der Waals surface area contributed by atoms with Gasteiger partial charge in [-0.2, -0.15) is 0 Å². The molecule has 148 valence electrons. The van der Waals surface area contributed by atoms with Gasteiger partial charge in [0.1, 0.15) is 11.8 Å². The van der Waals surface area contributed by atoms with Gasteiger partial charge in [-0.25, -0.2) is 14.0 Å². The average Bonchev–Trinajstić information content (AvgIpc) is 2.98. The Bertz CT molecular complexity index is 1080. The highest BCUT2D eigenvalue weighted by atomic mass is 32.1. The Balaban J connectivity index is 2.06. The van der Waals surface area contributed by atoms with Crippen LogP contribution >= 0.6 is 31.2 Å². The SMILES string of the molecule is CC(C)OC(=O)C(C)NP(=O)(Oc1ccccc1)n1c(=S)sc2ccccc21. The summed E-state index contributed by atoms with van der Waals surface area (Å²) in [6.45, 7) is 5.10. The van der Waals surface area contributed by atoms with Crippen molar-refractivity contribution in [3.63, 3.8) is 0 Å². The first-order valence-electron chi connectivity index (χ1n) is 8.74. The average molecular weight is 436 g/mol. The molecule has 0 fully saturated rings. The van der Waals surface area contributed by atoms with Crippen LogP contribution in [0.4, 0.5) is 0 Å². The molecule has 0 spiro atoms. The molecule has 2 aromatic carbocycles. The summed E-state index contributed by atoms with van der Waals surface area (Å²) < 4.78 is 27.9. The minimum atomic E-state index is -3.81. The molecule has 3 rings (SSSR count). The van der Waals surface area contributed by atoms with E-state index in [1.807, 2.05) is 30.3 Å². The van der Waals surface area contributed by atoms with Crippen LogP contribution in [0.1, 0.15) is 20.8 Å². The van der Waals surface area contributed by atoms with Gasteiger partial charge in [0.05, 0.1) is 16.3 Å². The van der Waals surface area contributed by atoms with Gasteiger partial charge in [0.25, 0.3) is 0 Å². The van der Waals surface area contributed by atoms with E-state index in [2.05, 4.69) is 5.09 Å². The maximum Gasteiger partial charge on any atom is 0.426 e. The third kappa shape index (κ3) is 4.52. The number of hydrogen-bond donors (Lipinski definition) is 1. The van der Waals surface area contributed by atoms with E-state index in [0.29, 0.717) is 15.2 Å². The summed E-state index contributed by atoms with van der Waals surface area (Å²) in [6.07, 6.45) is -0.282. The van der Waals surface area contributed by atoms with Gasteiger partial charge in [-0.3, -0.25) is 4.79 Å². The Hall–Kier alpha value is -1.99. The Kier molecular flexibility index (Phi) is 6.35. The van der Waals surface area contributed by atoms with Crippen molar-refractivity contribution >= 4 is 47.4 Å². The number of nitrogens with zero attached hydrogens (tertiary/aromatic N) is 1. The van der Waals surface area contributed by atoms with E-state index in [4.69, 9.17) is 21.5 Å². The molecular weight excluding hydrogens is 415 g/mol. The number of esters is 1. The number of carbonyl (C=O) groups excluding carboxylic acids is 1. The molecule has 0 saturated carbocycles. The number of fused-ring (bicyclic) bond motifs is 1. The molecule has 2 unspecified atom stereocenters. The Labute approximate surface area is 172 Å². The second-order valence-corrected chi connectivity index (χ2v) is 9.97. The summed E-state index contributed by atoms with van der Waals surface area (Å²) in [5, 5.41) is 2.84. The zero-order chi connectivity index (χ0) is 20.3. The van der Waals surface area contributed by atoms with Gasteiger partial charge in [0.15, 0.2) is 3.95 Å². The Morgan fingerprint density at radius 2 is 1.75 bits per heavy atom. The van der Waals surface area contributed by atoms with Gasteiger partial charge in [-0.05, 0) is 57.3 Å². The van der Waals surface area contributed by atoms with Crippen molar-refractivity contribution in [3.8, 4) is 5.75 Å². The van der Waals surface area contributed by atoms with Gasteiger partial charge >= 0.3 is 13.6 Å². The summed E-state index contributed by atoms with van der Waals surface area (Å²) >= 11 is 6.81. The lowest BCUT2D eigenvalue weighted by Gasteiger charge is -2.25. The van der Waals surface area contributed by atoms with E-state index in [1.165, 1.54) is 15.7 Å². The van der Waals surface area contributed by atoms with E-state index < -0.39 is 19.7 Å². The minimum absolute atomic E-state index is 0.282. The molecular formula is C19H21N2O4PS2. The van der Waals surface area contributed by atoms with Crippen LogP contribution in [-0.2, 0) is 14.1 Å². The predicted octanol–water partition coefficient (Wildman–Crippen LogP) is 5.40. The number of rotatable bonds is 7. The largest absolute Gasteiger partial charge is 0.462 e. The summed E-state index contributed by atoms with van der Waals surface area (Å²) in [5.41, 5.74) is 0.675. The highest BCUT2D eigenvalue weighted by Crippen LogP contribution is 2.49. The van der Waals surface area contributed by atoms with Crippen molar-refractivity contribution in [3.05, 3.63) is 58.6 Å². The molecule has 0 saturated heterocycles. The topological polar surface area (TPSA) is 69.6 Å². The maximum atomic E-state index is 14.0. The molecule has 0 radical (unpaired) electrons. The number of carbonyl (C=O) groups is 1. The van der Waals surface area contributed by atoms with Crippen molar-refractivity contribution in [2.24, 2.45) is 0 Å². The third-order valence-corrected chi connectivity index (χ3v) is 7.50. The predicted molar refractivity (Wildman–Crippen MR) is 115 cm³/mol. The van der Waals surface area contributed by atoms with Crippen LogP contribution in [0.15, 0.2) is 54.6 Å². The quantitative estimate of drug-likeness (QED) is 0.304. The van der Waals surface area contributed by atoms with Gasteiger partial charge in [0, 0.05) is 0 Å². The van der Waals surface area contributed by atoms with Gasteiger partial charge in [-0.15, -0.1) is 11.3 Å². The van der Waals surface area contributed by atoms with E-state index in [0.717, 1.165) is 4.70 Å². The van der Waals surface area contributed by atoms with E-state index in [9.17, 15) is 9.36 Å². The molecule has 28 heavy (non-hydrogen) atoms. The van der Waals surface area contributed by atoms with E-state index in [-0.39, 0.29) is 6.10 Å². The zero-order valence-electron chi connectivity index (χ0n) is 15.7. The van der Waals surface area contributed by atoms with Crippen LogP contribution < -0.4 is 9.61 Å². The lowest BCUT2D eigenvalue weighted by Crippen LogP contribution is -2.37. The molecule has 9 heteroatoms. The fraction of sp³-hybridized carbons (Fsp3) is 0.263. The molecule has 3 aromatic rings. The summed E-state index contributed by atoms with van der Waals surface area (Å²) in [7, 11) is -3.81. The van der Waals surface area contributed by atoms with Gasteiger partial charge < -0.3 is 9.26 Å². The molecule has 1 heterocycles. The first kappa shape index (κ1) is 20.7. The van der Waals surface area contributed by atoms with Crippen LogP contribution in [0.5, 0.6) is 5.75 Å². The lowest BCUT2D eigenvalue weighted by atomic mass is 10.3. The van der Waals surface area contributed by atoms with Gasteiger partial charge in [0.2, 0.25) is 0 Å². The number of ether oxygens (including phenoxy) is 1. The van der Waals surface area contributed by atoms with Crippen molar-refractivity contribution in [1.82, 2.24) is 9.42 Å². The number of hydrogen-bond acceptors (Lipinski definition) is 6. The summed E-state index contributed by atoms with van der Waals surface area (Å²) in [5.74, 6) is -0.113. The minimum Gasteiger partial charge on any atom is -0.462 e. The first-order chi connectivity index (χ1) is 13.3. The smallest absolute Gasteiger partial charge is 0.426 e. The molecule has 1 N–H and O–H groups in total. The Morgan fingerprint density at radius 1 is 1.11 bits per heavy atom. The van der Waals surface area contributed by atoms with E-state index >= 15 is 0 Å². The lowest BCUT2D eigenvalue weighted by molar-refractivity contribution is -0.149. The second-order valence-electron chi connectivity index (χ2n) is 6.41. The van der Waals surface area contributed by atoms with Crippen molar-refractivity contribution < 1.29 is 18.6 Å². The molecule has 0 bridgehead atoms. The number of nitrogens with one attached hydrogen (secondary N) is 1. The number of thiazole rings is 1. The number of para-hydroxylation sites is 2. The van der Waals surface area contributed by atoms with Crippen molar-refractivity contribution in [2.45, 2.75) is 32.9 Å². The molecule has 0 aliphatic rings. The molecule has 0 amide bonds. The summed E-state index contributed by atoms with van der Waals surface area (Å²) in [6, 6.07) is 15.4. The van der Waals surface area contributed by atoms with E-state index in [1.54, 1.807) is 45.0 Å². The van der Waals surface area contributed by atoms with Crippen LogP contribution in [0.3, 0.4) is 0 Å². The fourth-order valence-electron chi connectivity index (χ4n) is 2.58. The zero-order valence-corrected chi connectivity index (χ0v) is 18.2. The highest BCUT2D eigenvalue weighted by molar-refractivity contribution is 7.74. The second kappa shape index (κ2) is 8.57. The monoisotopic (exact) mass is 436 g/mol. The van der Waals surface area contributed by atoms with Crippen LogP contribution in [-0.4, -0.2) is 22.5 Å². The maximum absolute atomic E-state index is 14.0.